The molecule has 0 bridgehead atoms. The summed E-state index contributed by atoms with van der Waals surface area (Å²) in [6, 6.07) is 10.4. The van der Waals surface area contributed by atoms with Gasteiger partial charge in [0.15, 0.2) is 0 Å². The van der Waals surface area contributed by atoms with Crippen LogP contribution in [0.4, 0.5) is 0 Å². The van der Waals surface area contributed by atoms with Gasteiger partial charge in [0.2, 0.25) is 5.89 Å². The first-order valence-corrected chi connectivity index (χ1v) is 6.43. The van der Waals surface area contributed by atoms with E-state index in [2.05, 4.69) is 29.3 Å². The number of rotatable bonds is 4. The van der Waals surface area contributed by atoms with Crippen LogP contribution in [0.5, 0.6) is 0 Å². The van der Waals surface area contributed by atoms with E-state index in [1.807, 2.05) is 24.5 Å². The average Bonchev–Trinajstić information content (AvgIpc) is 2.78. The predicted molar refractivity (Wildman–Crippen MR) is 64.6 cm³/mol. The molecule has 0 amide bonds. The van der Waals surface area contributed by atoms with Crippen LogP contribution < -0.4 is 0 Å². The molecular formula is C12H14N2OS. The lowest BCUT2D eigenvalue weighted by Crippen LogP contribution is -1.98. The van der Waals surface area contributed by atoms with E-state index < -0.39 is 0 Å². The van der Waals surface area contributed by atoms with Crippen LogP contribution in [0.2, 0.25) is 0 Å². The standard InChI is InChI=1S/C12H14N2OS/c1-9(10-6-4-3-5-7-10)8-11-13-14-12(15-11)16-2/h3-7,9H,8H2,1-2H3. The van der Waals surface area contributed by atoms with Gasteiger partial charge in [0.05, 0.1) is 0 Å². The fraction of sp³-hybridized carbons (Fsp3) is 0.333. The van der Waals surface area contributed by atoms with Crippen molar-refractivity contribution < 1.29 is 4.42 Å². The molecule has 0 spiro atoms. The zero-order valence-corrected chi connectivity index (χ0v) is 10.2. The maximum atomic E-state index is 5.47. The van der Waals surface area contributed by atoms with E-state index in [0.29, 0.717) is 17.0 Å². The summed E-state index contributed by atoms with van der Waals surface area (Å²) < 4.78 is 5.47. The van der Waals surface area contributed by atoms with E-state index in [4.69, 9.17) is 4.42 Å². The van der Waals surface area contributed by atoms with E-state index in [0.717, 1.165) is 6.42 Å². The van der Waals surface area contributed by atoms with Crippen LogP contribution in [0.1, 0.15) is 24.3 Å². The molecule has 2 aromatic rings. The van der Waals surface area contributed by atoms with Crippen molar-refractivity contribution in [2.45, 2.75) is 24.5 Å². The van der Waals surface area contributed by atoms with Crippen molar-refractivity contribution in [1.82, 2.24) is 10.2 Å². The van der Waals surface area contributed by atoms with Gasteiger partial charge in [0, 0.05) is 6.42 Å². The molecule has 84 valence electrons. The molecular weight excluding hydrogens is 220 g/mol. The molecule has 3 nitrogen and oxygen atoms in total. The normalized spacial score (nSPS) is 12.6. The van der Waals surface area contributed by atoms with E-state index >= 15 is 0 Å². The van der Waals surface area contributed by atoms with Gasteiger partial charge in [-0.2, -0.15) is 0 Å². The molecule has 0 N–H and O–H groups in total. The van der Waals surface area contributed by atoms with Crippen molar-refractivity contribution in [2.24, 2.45) is 0 Å². The molecule has 0 aliphatic heterocycles. The van der Waals surface area contributed by atoms with Crippen LogP contribution >= 0.6 is 11.8 Å². The number of hydrogen-bond acceptors (Lipinski definition) is 4. The van der Waals surface area contributed by atoms with Crippen LogP contribution in [0.25, 0.3) is 0 Å². The van der Waals surface area contributed by atoms with Gasteiger partial charge in [-0.25, -0.2) is 0 Å². The lowest BCUT2D eigenvalue weighted by molar-refractivity contribution is 0.405. The summed E-state index contributed by atoms with van der Waals surface area (Å²) >= 11 is 1.47. The van der Waals surface area contributed by atoms with Gasteiger partial charge in [-0.05, 0) is 17.7 Å². The maximum absolute atomic E-state index is 5.47. The lowest BCUT2D eigenvalue weighted by Gasteiger charge is -2.08. The summed E-state index contributed by atoms with van der Waals surface area (Å²) in [6.07, 6.45) is 2.72. The van der Waals surface area contributed by atoms with Crippen LogP contribution in [-0.2, 0) is 6.42 Å². The number of benzene rings is 1. The predicted octanol–water partition coefficient (Wildman–Crippen LogP) is 3.14. The first-order valence-electron chi connectivity index (χ1n) is 5.21. The number of aromatic nitrogens is 2. The van der Waals surface area contributed by atoms with Gasteiger partial charge in [-0.3, -0.25) is 0 Å². The van der Waals surface area contributed by atoms with Gasteiger partial charge in [-0.1, -0.05) is 49.0 Å². The Morgan fingerprint density at radius 1 is 1.25 bits per heavy atom. The van der Waals surface area contributed by atoms with Crippen LogP contribution in [0.3, 0.4) is 0 Å². The van der Waals surface area contributed by atoms with E-state index in [9.17, 15) is 0 Å². The highest BCUT2D eigenvalue weighted by Crippen LogP contribution is 2.21. The monoisotopic (exact) mass is 234 g/mol. The van der Waals surface area contributed by atoms with Crippen molar-refractivity contribution in [2.75, 3.05) is 6.26 Å². The second-order valence-electron chi connectivity index (χ2n) is 3.68. The largest absolute Gasteiger partial charge is 0.416 e. The summed E-state index contributed by atoms with van der Waals surface area (Å²) in [5.74, 6) is 1.11. The van der Waals surface area contributed by atoms with Crippen LogP contribution in [-0.4, -0.2) is 16.5 Å². The average molecular weight is 234 g/mol. The van der Waals surface area contributed by atoms with Crippen molar-refractivity contribution in [3.8, 4) is 0 Å². The molecule has 16 heavy (non-hydrogen) atoms. The zero-order chi connectivity index (χ0) is 11.4. The summed E-state index contributed by atoms with van der Waals surface area (Å²) in [6.45, 7) is 2.16. The second-order valence-corrected chi connectivity index (χ2v) is 4.44. The molecule has 0 radical (unpaired) electrons. The maximum Gasteiger partial charge on any atom is 0.276 e. The highest BCUT2D eigenvalue weighted by molar-refractivity contribution is 7.98. The fourth-order valence-electron chi connectivity index (χ4n) is 1.56. The summed E-state index contributed by atoms with van der Waals surface area (Å²) in [5, 5.41) is 8.58. The summed E-state index contributed by atoms with van der Waals surface area (Å²) in [4.78, 5) is 0. The molecule has 0 saturated heterocycles. The fourth-order valence-corrected chi connectivity index (χ4v) is 1.87. The summed E-state index contributed by atoms with van der Waals surface area (Å²) in [5.41, 5.74) is 1.30. The molecule has 1 aromatic carbocycles. The smallest absolute Gasteiger partial charge is 0.276 e. The van der Waals surface area contributed by atoms with Crippen molar-refractivity contribution >= 4 is 11.8 Å². The Hall–Kier alpha value is -1.29. The zero-order valence-electron chi connectivity index (χ0n) is 9.38. The third kappa shape index (κ3) is 2.64. The number of hydrogen-bond donors (Lipinski definition) is 0. The quantitative estimate of drug-likeness (QED) is 0.762. The van der Waals surface area contributed by atoms with Gasteiger partial charge < -0.3 is 4.42 Å². The molecule has 1 unspecified atom stereocenters. The van der Waals surface area contributed by atoms with Gasteiger partial charge in [0.1, 0.15) is 0 Å². The van der Waals surface area contributed by atoms with Crippen LogP contribution in [0, 0.1) is 0 Å². The number of thioether (sulfide) groups is 1. The molecule has 2 rings (SSSR count). The molecule has 0 aliphatic rings. The van der Waals surface area contributed by atoms with Gasteiger partial charge >= 0.3 is 0 Å². The number of nitrogens with zero attached hydrogens (tertiary/aromatic N) is 2. The first kappa shape index (κ1) is 11.2. The van der Waals surface area contributed by atoms with Crippen molar-refractivity contribution in [3.63, 3.8) is 0 Å². The third-order valence-corrected chi connectivity index (χ3v) is 2.99. The molecule has 0 saturated carbocycles. The van der Waals surface area contributed by atoms with E-state index in [1.54, 1.807) is 0 Å². The Bertz CT molecular complexity index is 441. The Morgan fingerprint density at radius 2 is 2.00 bits per heavy atom. The first-order chi connectivity index (χ1) is 7.79. The van der Waals surface area contributed by atoms with Gasteiger partial charge in [-0.15, -0.1) is 10.2 Å². The second kappa shape index (κ2) is 5.16. The lowest BCUT2D eigenvalue weighted by atomic mass is 9.98. The molecule has 0 aliphatic carbocycles. The highest BCUT2D eigenvalue weighted by atomic mass is 32.2. The minimum Gasteiger partial charge on any atom is -0.416 e. The third-order valence-electron chi connectivity index (χ3n) is 2.47. The molecule has 0 fully saturated rings. The highest BCUT2D eigenvalue weighted by Gasteiger charge is 2.11. The topological polar surface area (TPSA) is 38.9 Å². The Morgan fingerprint density at radius 3 is 2.62 bits per heavy atom. The van der Waals surface area contributed by atoms with Crippen molar-refractivity contribution in [1.29, 1.82) is 0 Å². The van der Waals surface area contributed by atoms with Crippen molar-refractivity contribution in [3.05, 3.63) is 41.8 Å². The Kier molecular flexibility index (Phi) is 3.62. The van der Waals surface area contributed by atoms with Crippen LogP contribution in [0.15, 0.2) is 40.0 Å². The van der Waals surface area contributed by atoms with E-state index in [-0.39, 0.29) is 0 Å². The summed E-state index contributed by atoms with van der Waals surface area (Å²) in [7, 11) is 0. The Labute approximate surface area is 99.3 Å². The minimum atomic E-state index is 0.399. The molecule has 4 heteroatoms. The molecule has 1 heterocycles. The SMILES string of the molecule is CSc1nnc(CC(C)c2ccccc2)o1. The van der Waals surface area contributed by atoms with E-state index in [1.165, 1.54) is 17.3 Å². The molecule has 1 aromatic heterocycles. The Balaban J connectivity index is 2.05. The van der Waals surface area contributed by atoms with Gasteiger partial charge in [0.25, 0.3) is 5.22 Å². The molecule has 1 atom stereocenters. The minimum absolute atomic E-state index is 0.399.